The summed E-state index contributed by atoms with van der Waals surface area (Å²) in [4.78, 5) is 11.9. The Bertz CT molecular complexity index is 419. The molecule has 1 aliphatic heterocycles. The molecule has 1 aliphatic rings. The molecule has 0 aromatic heterocycles. The van der Waals surface area contributed by atoms with Crippen molar-refractivity contribution in [2.45, 2.75) is 12.5 Å². The first-order valence-electron chi connectivity index (χ1n) is 5.46. The Hall–Kier alpha value is -0.780. The van der Waals surface area contributed by atoms with Crippen LogP contribution in [0.25, 0.3) is 0 Å². The molecular weight excluding hydrogens is 289 g/mol. The van der Waals surface area contributed by atoms with Crippen molar-refractivity contribution in [3.8, 4) is 0 Å². The average Bonchev–Trinajstić information content (AvgIpc) is 2.35. The minimum absolute atomic E-state index is 0.0238. The van der Waals surface area contributed by atoms with Gasteiger partial charge >= 0.3 is 0 Å². The summed E-state index contributed by atoms with van der Waals surface area (Å²) < 4.78 is 18.8. The molecule has 1 heterocycles. The molecule has 0 spiro atoms. The number of halogens is 2. The maximum Gasteiger partial charge on any atom is 0.167 e. The lowest BCUT2D eigenvalue weighted by atomic mass is 10.0. The van der Waals surface area contributed by atoms with E-state index in [1.165, 1.54) is 6.07 Å². The number of Topliss-reactive ketones (excluding diaryl/α,β-unsaturated/α-hetero) is 1. The highest BCUT2D eigenvalue weighted by Crippen LogP contribution is 2.17. The monoisotopic (exact) mass is 301 g/mol. The van der Waals surface area contributed by atoms with Gasteiger partial charge in [-0.25, -0.2) is 4.39 Å². The summed E-state index contributed by atoms with van der Waals surface area (Å²) in [6.45, 7) is 1.90. The first kappa shape index (κ1) is 12.7. The van der Waals surface area contributed by atoms with Crippen LogP contribution in [0.4, 0.5) is 4.39 Å². The van der Waals surface area contributed by atoms with Crippen molar-refractivity contribution in [1.82, 2.24) is 5.32 Å². The van der Waals surface area contributed by atoms with Gasteiger partial charge in [-0.05, 0) is 33.6 Å². The minimum atomic E-state index is -0.382. The zero-order valence-corrected chi connectivity index (χ0v) is 10.8. The number of ketones is 1. The fourth-order valence-corrected chi connectivity index (χ4v) is 2.16. The van der Waals surface area contributed by atoms with E-state index in [-0.39, 0.29) is 24.1 Å². The lowest BCUT2D eigenvalue weighted by molar-refractivity contribution is -0.131. The van der Waals surface area contributed by atoms with Crippen molar-refractivity contribution in [1.29, 1.82) is 0 Å². The van der Waals surface area contributed by atoms with Gasteiger partial charge in [0, 0.05) is 19.5 Å². The Morgan fingerprint density at radius 1 is 1.59 bits per heavy atom. The summed E-state index contributed by atoms with van der Waals surface area (Å²) in [5.74, 6) is -0.299. The lowest BCUT2D eigenvalue weighted by Crippen LogP contribution is -2.43. The molecule has 0 saturated carbocycles. The van der Waals surface area contributed by atoms with Gasteiger partial charge in [0.15, 0.2) is 5.78 Å². The van der Waals surface area contributed by atoms with Gasteiger partial charge in [-0.2, -0.15) is 0 Å². The van der Waals surface area contributed by atoms with Gasteiger partial charge in [0.1, 0.15) is 11.9 Å². The number of rotatable bonds is 3. The molecule has 1 atom stereocenters. The third-order valence-electron chi connectivity index (χ3n) is 2.65. The molecule has 1 fully saturated rings. The number of ether oxygens (including phenoxy) is 1. The van der Waals surface area contributed by atoms with Crippen LogP contribution in [0.2, 0.25) is 0 Å². The Morgan fingerprint density at radius 2 is 2.41 bits per heavy atom. The second kappa shape index (κ2) is 5.71. The predicted molar refractivity (Wildman–Crippen MR) is 65.4 cm³/mol. The maximum absolute atomic E-state index is 13.0. The number of morpholine rings is 1. The van der Waals surface area contributed by atoms with Crippen molar-refractivity contribution in [3.05, 3.63) is 34.1 Å². The van der Waals surface area contributed by atoms with Crippen molar-refractivity contribution in [3.63, 3.8) is 0 Å². The van der Waals surface area contributed by atoms with Crippen molar-refractivity contribution >= 4 is 21.7 Å². The quantitative estimate of drug-likeness (QED) is 0.923. The molecule has 5 heteroatoms. The fraction of sp³-hybridized carbons (Fsp3) is 0.417. The Morgan fingerprint density at radius 3 is 3.06 bits per heavy atom. The lowest BCUT2D eigenvalue weighted by Gasteiger charge is -2.22. The van der Waals surface area contributed by atoms with Gasteiger partial charge in [-0.1, -0.05) is 6.07 Å². The third-order valence-corrected chi connectivity index (χ3v) is 3.26. The minimum Gasteiger partial charge on any atom is -0.368 e. The zero-order valence-electron chi connectivity index (χ0n) is 9.21. The van der Waals surface area contributed by atoms with Gasteiger partial charge < -0.3 is 10.1 Å². The van der Waals surface area contributed by atoms with Crippen LogP contribution in [0.3, 0.4) is 0 Å². The van der Waals surface area contributed by atoms with E-state index in [1.807, 2.05) is 0 Å². The highest BCUT2D eigenvalue weighted by Gasteiger charge is 2.21. The van der Waals surface area contributed by atoms with Gasteiger partial charge in [-0.3, -0.25) is 4.79 Å². The van der Waals surface area contributed by atoms with E-state index in [0.717, 1.165) is 12.1 Å². The molecule has 1 N–H and O–H groups in total. The first-order chi connectivity index (χ1) is 8.16. The molecular formula is C12H13BrFNO2. The van der Waals surface area contributed by atoms with E-state index in [0.29, 0.717) is 17.6 Å². The van der Waals surface area contributed by atoms with E-state index in [1.54, 1.807) is 12.1 Å². The van der Waals surface area contributed by atoms with Gasteiger partial charge in [0.05, 0.1) is 11.1 Å². The molecule has 1 saturated heterocycles. The van der Waals surface area contributed by atoms with Gasteiger partial charge in [0.2, 0.25) is 0 Å². The van der Waals surface area contributed by atoms with Crippen LogP contribution in [-0.2, 0) is 16.0 Å². The number of carbonyl (C=O) groups is 1. The molecule has 3 nitrogen and oxygen atoms in total. The summed E-state index contributed by atoms with van der Waals surface area (Å²) in [6.07, 6.45) is -0.113. The van der Waals surface area contributed by atoms with Crippen LogP contribution in [0, 0.1) is 5.82 Å². The van der Waals surface area contributed by atoms with Crippen molar-refractivity contribution < 1.29 is 13.9 Å². The largest absolute Gasteiger partial charge is 0.368 e. The molecule has 1 aromatic rings. The van der Waals surface area contributed by atoms with Crippen LogP contribution >= 0.6 is 15.9 Å². The fourth-order valence-electron chi connectivity index (χ4n) is 1.74. The topological polar surface area (TPSA) is 38.3 Å². The molecule has 1 unspecified atom stereocenters. The van der Waals surface area contributed by atoms with E-state index < -0.39 is 0 Å². The molecule has 17 heavy (non-hydrogen) atoms. The number of hydrogen-bond donors (Lipinski definition) is 1. The molecule has 1 aromatic carbocycles. The Balaban J connectivity index is 1.99. The molecule has 2 rings (SSSR count). The van der Waals surface area contributed by atoms with Gasteiger partial charge in [-0.15, -0.1) is 0 Å². The normalized spacial score (nSPS) is 20.2. The summed E-state index contributed by atoms with van der Waals surface area (Å²) in [7, 11) is 0. The molecule has 0 amide bonds. The summed E-state index contributed by atoms with van der Waals surface area (Å²) >= 11 is 3.10. The number of benzene rings is 1. The highest BCUT2D eigenvalue weighted by molar-refractivity contribution is 9.10. The third kappa shape index (κ3) is 3.34. The second-order valence-electron chi connectivity index (χ2n) is 3.96. The molecule has 92 valence electrons. The average molecular weight is 302 g/mol. The van der Waals surface area contributed by atoms with Crippen LogP contribution in [0.15, 0.2) is 22.7 Å². The van der Waals surface area contributed by atoms with E-state index in [9.17, 15) is 9.18 Å². The molecule has 0 radical (unpaired) electrons. The SMILES string of the molecule is O=C(Cc1ccc(F)c(Br)c1)C1CNCCO1. The van der Waals surface area contributed by atoms with E-state index in [4.69, 9.17) is 4.74 Å². The number of nitrogens with one attached hydrogen (secondary N) is 1. The van der Waals surface area contributed by atoms with Crippen molar-refractivity contribution in [2.75, 3.05) is 19.7 Å². The molecule has 0 aliphatic carbocycles. The first-order valence-corrected chi connectivity index (χ1v) is 6.25. The van der Waals surface area contributed by atoms with E-state index in [2.05, 4.69) is 21.2 Å². The number of hydrogen-bond acceptors (Lipinski definition) is 3. The smallest absolute Gasteiger partial charge is 0.167 e. The molecule has 0 bridgehead atoms. The van der Waals surface area contributed by atoms with Crippen LogP contribution in [0.1, 0.15) is 5.56 Å². The summed E-state index contributed by atoms with van der Waals surface area (Å²) in [5, 5.41) is 3.11. The maximum atomic E-state index is 13.0. The Kier molecular flexibility index (Phi) is 4.25. The predicted octanol–water partition coefficient (Wildman–Crippen LogP) is 1.69. The zero-order chi connectivity index (χ0) is 12.3. The number of carbonyl (C=O) groups excluding carboxylic acids is 1. The summed E-state index contributed by atoms with van der Waals surface area (Å²) in [5.41, 5.74) is 0.789. The Labute approximate surface area is 107 Å². The van der Waals surface area contributed by atoms with Crippen LogP contribution in [-0.4, -0.2) is 31.6 Å². The van der Waals surface area contributed by atoms with E-state index >= 15 is 0 Å². The second-order valence-corrected chi connectivity index (χ2v) is 4.81. The van der Waals surface area contributed by atoms with Crippen molar-refractivity contribution in [2.24, 2.45) is 0 Å². The van der Waals surface area contributed by atoms with Gasteiger partial charge in [0.25, 0.3) is 0 Å². The van der Waals surface area contributed by atoms with Crippen LogP contribution < -0.4 is 5.32 Å². The standard InChI is InChI=1S/C12H13BrFNO2/c13-9-5-8(1-2-10(9)14)6-11(16)12-7-15-3-4-17-12/h1-2,5,12,15H,3-4,6-7H2. The summed E-state index contributed by atoms with van der Waals surface area (Å²) in [6, 6.07) is 4.60. The van der Waals surface area contributed by atoms with Crippen LogP contribution in [0.5, 0.6) is 0 Å². The highest BCUT2D eigenvalue weighted by atomic mass is 79.9.